The second kappa shape index (κ2) is 4.59. The van der Waals surface area contributed by atoms with Gasteiger partial charge in [0.05, 0.1) is 22.8 Å². The van der Waals surface area contributed by atoms with Crippen molar-refractivity contribution in [2.75, 3.05) is 12.4 Å². The number of carbonyl (C=O) groups is 1. The number of halogens is 2. The molecular formula is C11H12Br2N2O2. The van der Waals surface area contributed by atoms with E-state index >= 15 is 0 Å². The molecule has 1 saturated carbocycles. The lowest BCUT2D eigenvalue weighted by Crippen LogP contribution is -2.37. The maximum absolute atomic E-state index is 11.8. The lowest BCUT2D eigenvalue weighted by molar-refractivity contribution is -0.118. The van der Waals surface area contributed by atoms with Crippen LogP contribution in [0.5, 0.6) is 5.75 Å². The zero-order valence-electron chi connectivity index (χ0n) is 9.22. The van der Waals surface area contributed by atoms with E-state index < -0.39 is 5.54 Å². The van der Waals surface area contributed by atoms with Crippen molar-refractivity contribution in [1.29, 1.82) is 0 Å². The highest BCUT2D eigenvalue weighted by Gasteiger charge is 2.46. The molecule has 1 fully saturated rings. The number of carbonyl (C=O) groups excluding carboxylic acids is 1. The predicted octanol–water partition coefficient (Wildman–Crippen LogP) is 2.65. The maximum atomic E-state index is 11.8. The number of anilines is 1. The van der Waals surface area contributed by atoms with Gasteiger partial charge in [-0.3, -0.25) is 4.79 Å². The van der Waals surface area contributed by atoms with Crippen LogP contribution in [-0.2, 0) is 4.79 Å². The molecule has 0 radical (unpaired) electrons. The molecule has 17 heavy (non-hydrogen) atoms. The van der Waals surface area contributed by atoms with Crippen LogP contribution in [-0.4, -0.2) is 18.6 Å². The SMILES string of the molecule is COc1cc(NC(=O)C2(N)CC2)c(Br)cc1Br. The van der Waals surface area contributed by atoms with Crippen LogP contribution in [0.3, 0.4) is 0 Å². The van der Waals surface area contributed by atoms with E-state index in [0.29, 0.717) is 11.4 Å². The molecule has 0 unspecified atom stereocenters. The molecule has 0 heterocycles. The summed E-state index contributed by atoms with van der Waals surface area (Å²) in [4.78, 5) is 11.8. The fourth-order valence-electron chi connectivity index (χ4n) is 1.39. The lowest BCUT2D eigenvalue weighted by Gasteiger charge is -2.13. The van der Waals surface area contributed by atoms with Crippen LogP contribution >= 0.6 is 31.9 Å². The van der Waals surface area contributed by atoms with Gasteiger partial charge in [0.15, 0.2) is 0 Å². The second-order valence-electron chi connectivity index (χ2n) is 4.08. The zero-order chi connectivity index (χ0) is 12.6. The summed E-state index contributed by atoms with van der Waals surface area (Å²) in [7, 11) is 1.57. The van der Waals surface area contributed by atoms with E-state index in [-0.39, 0.29) is 5.91 Å². The van der Waals surface area contributed by atoms with Crippen LogP contribution in [0.25, 0.3) is 0 Å². The number of hydrogen-bond donors (Lipinski definition) is 2. The van der Waals surface area contributed by atoms with Crippen molar-refractivity contribution in [2.45, 2.75) is 18.4 Å². The summed E-state index contributed by atoms with van der Waals surface area (Å²) in [6.45, 7) is 0. The Morgan fingerprint density at radius 3 is 2.59 bits per heavy atom. The normalized spacial score (nSPS) is 16.5. The number of benzene rings is 1. The fraction of sp³-hybridized carbons (Fsp3) is 0.364. The van der Waals surface area contributed by atoms with Crippen molar-refractivity contribution in [3.63, 3.8) is 0 Å². The van der Waals surface area contributed by atoms with Gasteiger partial charge in [-0.1, -0.05) is 0 Å². The molecule has 1 aliphatic carbocycles. The minimum absolute atomic E-state index is 0.150. The maximum Gasteiger partial charge on any atom is 0.244 e. The summed E-state index contributed by atoms with van der Waals surface area (Å²) in [5.74, 6) is 0.507. The number of rotatable bonds is 3. The molecule has 2 rings (SSSR count). The first-order valence-electron chi connectivity index (χ1n) is 5.09. The molecule has 0 atom stereocenters. The third kappa shape index (κ3) is 2.64. The van der Waals surface area contributed by atoms with Crippen molar-refractivity contribution in [3.8, 4) is 5.75 Å². The molecule has 0 spiro atoms. The Morgan fingerprint density at radius 2 is 2.06 bits per heavy atom. The molecule has 0 aromatic heterocycles. The fourth-order valence-corrected chi connectivity index (χ4v) is 2.64. The quantitative estimate of drug-likeness (QED) is 0.867. The minimum atomic E-state index is -0.681. The van der Waals surface area contributed by atoms with Crippen LogP contribution in [0.2, 0.25) is 0 Å². The summed E-state index contributed by atoms with van der Waals surface area (Å²) in [6.07, 6.45) is 1.48. The van der Waals surface area contributed by atoms with Gasteiger partial charge in [-0.25, -0.2) is 0 Å². The molecule has 1 amide bonds. The van der Waals surface area contributed by atoms with Gasteiger partial charge in [-0.05, 0) is 50.8 Å². The van der Waals surface area contributed by atoms with Gasteiger partial charge in [0, 0.05) is 10.5 Å². The lowest BCUT2D eigenvalue weighted by atomic mass is 10.2. The van der Waals surface area contributed by atoms with Crippen LogP contribution in [0, 0.1) is 0 Å². The van der Waals surface area contributed by atoms with Gasteiger partial charge >= 0.3 is 0 Å². The van der Waals surface area contributed by atoms with Gasteiger partial charge in [0.2, 0.25) is 5.91 Å². The van der Waals surface area contributed by atoms with Gasteiger partial charge in [0.25, 0.3) is 0 Å². The van der Waals surface area contributed by atoms with Crippen LogP contribution in [0.1, 0.15) is 12.8 Å². The van der Waals surface area contributed by atoms with Gasteiger partial charge in [0.1, 0.15) is 5.75 Å². The third-order valence-corrected chi connectivity index (χ3v) is 4.01. The molecule has 0 saturated heterocycles. The van der Waals surface area contributed by atoms with E-state index in [9.17, 15) is 4.79 Å². The highest BCUT2D eigenvalue weighted by atomic mass is 79.9. The first-order chi connectivity index (χ1) is 7.96. The number of hydrogen-bond acceptors (Lipinski definition) is 3. The molecular weight excluding hydrogens is 352 g/mol. The summed E-state index contributed by atoms with van der Waals surface area (Å²) in [5, 5.41) is 2.80. The second-order valence-corrected chi connectivity index (χ2v) is 5.79. The zero-order valence-corrected chi connectivity index (χ0v) is 12.4. The number of ether oxygens (including phenoxy) is 1. The Kier molecular flexibility index (Phi) is 3.47. The third-order valence-electron chi connectivity index (χ3n) is 2.73. The first kappa shape index (κ1) is 12.9. The number of nitrogens with one attached hydrogen (secondary N) is 1. The van der Waals surface area contributed by atoms with E-state index in [1.807, 2.05) is 6.07 Å². The Bertz CT molecular complexity index is 473. The van der Waals surface area contributed by atoms with Gasteiger partial charge < -0.3 is 15.8 Å². The van der Waals surface area contributed by atoms with E-state index in [1.54, 1.807) is 13.2 Å². The average molecular weight is 364 g/mol. The number of amides is 1. The van der Waals surface area contributed by atoms with E-state index in [4.69, 9.17) is 10.5 Å². The van der Waals surface area contributed by atoms with Crippen LogP contribution < -0.4 is 15.8 Å². The van der Waals surface area contributed by atoms with Gasteiger partial charge in [-0.15, -0.1) is 0 Å². The first-order valence-corrected chi connectivity index (χ1v) is 6.68. The van der Waals surface area contributed by atoms with E-state index in [1.165, 1.54) is 0 Å². The topological polar surface area (TPSA) is 64.3 Å². The Hall–Kier alpha value is -0.590. The summed E-state index contributed by atoms with van der Waals surface area (Å²) in [6, 6.07) is 3.57. The van der Waals surface area contributed by atoms with Crippen LogP contribution in [0.4, 0.5) is 5.69 Å². The van der Waals surface area contributed by atoms with Crippen molar-refractivity contribution in [1.82, 2.24) is 0 Å². The van der Waals surface area contributed by atoms with Crippen molar-refractivity contribution in [3.05, 3.63) is 21.1 Å². The summed E-state index contributed by atoms with van der Waals surface area (Å²) in [5.41, 5.74) is 5.80. The molecule has 1 aromatic rings. The van der Waals surface area contributed by atoms with Crippen LogP contribution in [0.15, 0.2) is 21.1 Å². The predicted molar refractivity (Wildman–Crippen MR) is 73.2 cm³/mol. The molecule has 92 valence electrons. The van der Waals surface area contributed by atoms with E-state index in [0.717, 1.165) is 21.8 Å². The molecule has 0 bridgehead atoms. The Morgan fingerprint density at radius 1 is 1.41 bits per heavy atom. The average Bonchev–Trinajstić information content (AvgIpc) is 3.02. The molecule has 3 N–H and O–H groups in total. The van der Waals surface area contributed by atoms with Crippen molar-refractivity contribution in [2.24, 2.45) is 5.73 Å². The monoisotopic (exact) mass is 362 g/mol. The minimum Gasteiger partial charge on any atom is -0.495 e. The Balaban J connectivity index is 2.23. The summed E-state index contributed by atoms with van der Waals surface area (Å²) >= 11 is 6.75. The smallest absolute Gasteiger partial charge is 0.244 e. The largest absolute Gasteiger partial charge is 0.495 e. The van der Waals surface area contributed by atoms with Crippen molar-refractivity contribution < 1.29 is 9.53 Å². The highest BCUT2D eigenvalue weighted by Crippen LogP contribution is 2.37. The standard InChI is InChI=1S/C11H12Br2N2O2/c1-17-9-5-8(6(12)4-7(9)13)15-10(16)11(14)2-3-11/h4-5H,2-3,14H2,1H3,(H,15,16). The summed E-state index contributed by atoms with van der Waals surface area (Å²) < 4.78 is 6.77. The molecule has 1 aromatic carbocycles. The van der Waals surface area contributed by atoms with Crippen molar-refractivity contribution >= 4 is 43.5 Å². The molecule has 6 heteroatoms. The Labute approximate surface area is 116 Å². The highest BCUT2D eigenvalue weighted by molar-refractivity contribution is 9.11. The molecule has 1 aliphatic rings. The van der Waals surface area contributed by atoms with Gasteiger partial charge in [-0.2, -0.15) is 0 Å². The number of nitrogens with two attached hydrogens (primary N) is 1. The number of methoxy groups -OCH3 is 1. The molecule has 4 nitrogen and oxygen atoms in total. The van der Waals surface area contributed by atoms with E-state index in [2.05, 4.69) is 37.2 Å². The molecule has 0 aliphatic heterocycles.